The molecule has 0 aromatic carbocycles. The Kier molecular flexibility index (Phi) is 8.16. The van der Waals surface area contributed by atoms with Crippen molar-refractivity contribution in [2.75, 3.05) is 6.61 Å². The SMILES string of the molecule is CC(=O)OC[C@H]1O[C@H](OC(C)=O)[C@H](OC(C)=O)[C@H](OC(C)=O)[C@@H]1OC(C)=O. The van der Waals surface area contributed by atoms with Gasteiger partial charge in [-0.25, -0.2) is 0 Å². The maximum Gasteiger partial charge on any atom is 0.305 e. The van der Waals surface area contributed by atoms with Crippen LogP contribution < -0.4 is 0 Å². The van der Waals surface area contributed by atoms with Crippen molar-refractivity contribution in [3.8, 4) is 0 Å². The van der Waals surface area contributed by atoms with Crippen LogP contribution in [0, 0.1) is 0 Å². The van der Waals surface area contributed by atoms with Crippen LogP contribution in [0.5, 0.6) is 0 Å². The van der Waals surface area contributed by atoms with E-state index >= 15 is 0 Å². The summed E-state index contributed by atoms with van der Waals surface area (Å²) in [6.07, 6.45) is -6.70. The zero-order valence-corrected chi connectivity index (χ0v) is 15.6. The quantitative estimate of drug-likeness (QED) is 0.433. The maximum absolute atomic E-state index is 11.5. The Labute approximate surface area is 155 Å². The van der Waals surface area contributed by atoms with Crippen LogP contribution in [0.15, 0.2) is 0 Å². The molecule has 0 saturated carbocycles. The van der Waals surface area contributed by atoms with Crippen LogP contribution >= 0.6 is 0 Å². The van der Waals surface area contributed by atoms with E-state index in [-0.39, 0.29) is 0 Å². The van der Waals surface area contributed by atoms with Crippen molar-refractivity contribution in [3.05, 3.63) is 0 Å². The molecule has 0 aromatic heterocycles. The van der Waals surface area contributed by atoms with Crippen LogP contribution in [0.1, 0.15) is 34.6 Å². The number of esters is 5. The fourth-order valence-electron chi connectivity index (χ4n) is 2.45. The first-order valence-corrected chi connectivity index (χ1v) is 7.99. The fraction of sp³-hybridized carbons (Fsp3) is 0.688. The number of ether oxygens (including phenoxy) is 6. The highest BCUT2D eigenvalue weighted by molar-refractivity contribution is 5.69. The van der Waals surface area contributed by atoms with Crippen molar-refractivity contribution in [3.63, 3.8) is 0 Å². The molecule has 0 bridgehead atoms. The number of carbonyl (C=O) groups excluding carboxylic acids is 5. The molecule has 0 unspecified atom stereocenters. The lowest BCUT2D eigenvalue weighted by molar-refractivity contribution is -0.300. The first-order chi connectivity index (χ1) is 12.5. The van der Waals surface area contributed by atoms with Gasteiger partial charge in [-0.3, -0.25) is 24.0 Å². The molecule has 0 aromatic rings. The van der Waals surface area contributed by atoms with Crippen molar-refractivity contribution in [1.82, 2.24) is 0 Å². The Morgan fingerprint density at radius 3 is 1.52 bits per heavy atom. The first-order valence-electron chi connectivity index (χ1n) is 7.99. The molecule has 0 aliphatic carbocycles. The highest BCUT2D eigenvalue weighted by Gasteiger charge is 2.53. The lowest BCUT2D eigenvalue weighted by Crippen LogP contribution is -2.63. The normalized spacial score (nSPS) is 27.1. The molecule has 0 amide bonds. The maximum atomic E-state index is 11.5. The van der Waals surface area contributed by atoms with Gasteiger partial charge in [0.1, 0.15) is 12.7 Å². The second-order valence-corrected chi connectivity index (χ2v) is 5.68. The second-order valence-electron chi connectivity index (χ2n) is 5.68. The Morgan fingerprint density at radius 2 is 1.07 bits per heavy atom. The predicted molar refractivity (Wildman–Crippen MR) is 83.7 cm³/mol. The van der Waals surface area contributed by atoms with Crippen molar-refractivity contribution in [1.29, 1.82) is 0 Å². The molecule has 0 spiro atoms. The number of rotatable bonds is 6. The molecule has 152 valence electrons. The molecular formula is C16H22O11. The molecule has 1 aliphatic rings. The average molecular weight is 390 g/mol. The Bertz CT molecular complexity index is 599. The van der Waals surface area contributed by atoms with Gasteiger partial charge in [-0.05, 0) is 0 Å². The van der Waals surface area contributed by atoms with E-state index in [1.807, 2.05) is 0 Å². The van der Waals surface area contributed by atoms with Crippen molar-refractivity contribution < 1.29 is 52.4 Å². The third kappa shape index (κ3) is 7.21. The Morgan fingerprint density at radius 1 is 0.630 bits per heavy atom. The minimum absolute atomic E-state index is 0.393. The monoisotopic (exact) mass is 390 g/mol. The topological polar surface area (TPSA) is 141 Å². The molecule has 1 saturated heterocycles. The molecular weight excluding hydrogens is 368 g/mol. The van der Waals surface area contributed by atoms with E-state index in [4.69, 9.17) is 28.4 Å². The third-order valence-electron chi connectivity index (χ3n) is 3.23. The molecule has 1 aliphatic heterocycles. The average Bonchev–Trinajstić information content (AvgIpc) is 2.49. The van der Waals surface area contributed by atoms with Gasteiger partial charge in [-0.15, -0.1) is 0 Å². The lowest BCUT2D eigenvalue weighted by atomic mass is 9.98. The van der Waals surface area contributed by atoms with Crippen LogP contribution in [-0.4, -0.2) is 67.2 Å². The van der Waals surface area contributed by atoms with Gasteiger partial charge in [0, 0.05) is 34.6 Å². The second kappa shape index (κ2) is 9.86. The molecule has 0 N–H and O–H groups in total. The molecule has 27 heavy (non-hydrogen) atoms. The predicted octanol–water partition coefficient (Wildman–Crippen LogP) is -0.367. The van der Waals surface area contributed by atoms with Gasteiger partial charge in [-0.2, -0.15) is 0 Å². The summed E-state index contributed by atoms with van der Waals surface area (Å²) in [6, 6.07) is 0. The van der Waals surface area contributed by atoms with Gasteiger partial charge >= 0.3 is 29.8 Å². The summed E-state index contributed by atoms with van der Waals surface area (Å²) in [7, 11) is 0. The minimum Gasteiger partial charge on any atom is -0.463 e. The summed E-state index contributed by atoms with van der Waals surface area (Å²) in [5.74, 6) is -3.71. The van der Waals surface area contributed by atoms with E-state index in [1.54, 1.807) is 0 Å². The molecule has 0 radical (unpaired) electrons. The van der Waals surface area contributed by atoms with Crippen molar-refractivity contribution in [2.24, 2.45) is 0 Å². The van der Waals surface area contributed by atoms with E-state index in [1.165, 1.54) is 0 Å². The lowest BCUT2D eigenvalue weighted by Gasteiger charge is -2.43. The highest BCUT2D eigenvalue weighted by Crippen LogP contribution is 2.29. The van der Waals surface area contributed by atoms with E-state index in [0.717, 1.165) is 34.6 Å². The summed E-state index contributed by atoms with van der Waals surface area (Å²) in [6.45, 7) is 5.13. The van der Waals surface area contributed by atoms with E-state index < -0.39 is 67.2 Å². The number of hydrogen-bond donors (Lipinski definition) is 0. The number of carbonyl (C=O) groups is 5. The molecule has 1 rings (SSSR count). The molecule has 1 heterocycles. The van der Waals surface area contributed by atoms with Crippen LogP contribution in [0.4, 0.5) is 0 Å². The number of hydrogen-bond acceptors (Lipinski definition) is 11. The van der Waals surface area contributed by atoms with Crippen LogP contribution in [0.2, 0.25) is 0 Å². The molecule has 1 fully saturated rings. The van der Waals surface area contributed by atoms with Crippen LogP contribution in [-0.2, 0) is 52.4 Å². The van der Waals surface area contributed by atoms with Crippen molar-refractivity contribution >= 4 is 29.8 Å². The summed E-state index contributed by atoms with van der Waals surface area (Å²) < 4.78 is 30.8. The van der Waals surface area contributed by atoms with Gasteiger partial charge in [-0.1, -0.05) is 0 Å². The van der Waals surface area contributed by atoms with Gasteiger partial charge in [0.05, 0.1) is 0 Å². The largest absolute Gasteiger partial charge is 0.463 e. The fourth-order valence-corrected chi connectivity index (χ4v) is 2.45. The van der Waals surface area contributed by atoms with Gasteiger partial charge in [0.15, 0.2) is 12.2 Å². The highest BCUT2D eigenvalue weighted by atomic mass is 16.7. The van der Waals surface area contributed by atoms with Crippen molar-refractivity contribution in [2.45, 2.75) is 65.3 Å². The zero-order chi connectivity index (χ0) is 20.7. The summed E-state index contributed by atoms with van der Waals surface area (Å²) in [5, 5.41) is 0. The first kappa shape index (κ1) is 22.4. The molecule has 11 nitrogen and oxygen atoms in total. The van der Waals surface area contributed by atoms with Gasteiger partial charge < -0.3 is 28.4 Å². The Balaban J connectivity index is 3.29. The van der Waals surface area contributed by atoms with Gasteiger partial charge in [0.2, 0.25) is 12.4 Å². The minimum atomic E-state index is -1.48. The third-order valence-corrected chi connectivity index (χ3v) is 3.23. The van der Waals surface area contributed by atoms with E-state index in [0.29, 0.717) is 0 Å². The van der Waals surface area contributed by atoms with Crippen LogP contribution in [0.25, 0.3) is 0 Å². The summed E-state index contributed by atoms with van der Waals surface area (Å²) in [4.78, 5) is 57.0. The molecule has 11 heteroatoms. The van der Waals surface area contributed by atoms with Crippen LogP contribution in [0.3, 0.4) is 0 Å². The standard InChI is InChI=1S/C16H22O11/c1-7(17)22-6-12-13(23-8(2)18)14(24-9(3)19)15(25-10(4)20)16(27-12)26-11(5)21/h12-16H,6H2,1-5H3/t12-,13-,14-,15-,16+/m1/s1. The molecule has 5 atom stereocenters. The zero-order valence-electron chi connectivity index (χ0n) is 15.6. The smallest absolute Gasteiger partial charge is 0.305 e. The summed E-state index contributed by atoms with van der Waals surface area (Å²) in [5.41, 5.74) is 0. The van der Waals surface area contributed by atoms with E-state index in [2.05, 4.69) is 0 Å². The van der Waals surface area contributed by atoms with Gasteiger partial charge in [0.25, 0.3) is 0 Å². The Hall–Kier alpha value is -2.69. The summed E-state index contributed by atoms with van der Waals surface area (Å²) >= 11 is 0. The van der Waals surface area contributed by atoms with E-state index in [9.17, 15) is 24.0 Å².